The number of rotatable bonds is 3. The Labute approximate surface area is 172 Å². The van der Waals surface area contributed by atoms with E-state index in [1.807, 2.05) is 0 Å². The SMILES string of the molecule is CN1C(=O)C(=Cc2cc(Br)cc(Cl)c2O)SC1=Nc1ccc(C(=O)O)cc1. The number of benzene rings is 2. The van der Waals surface area contributed by atoms with Crippen LogP contribution in [0.1, 0.15) is 15.9 Å². The number of aromatic carboxylic acids is 1. The molecule has 0 radical (unpaired) electrons. The highest BCUT2D eigenvalue weighted by atomic mass is 79.9. The molecule has 9 heteroatoms. The summed E-state index contributed by atoms with van der Waals surface area (Å²) in [5.41, 5.74) is 1.09. The van der Waals surface area contributed by atoms with Crippen LogP contribution in [0, 0.1) is 0 Å². The van der Waals surface area contributed by atoms with E-state index in [9.17, 15) is 14.7 Å². The molecular formula is C18H12BrClN2O4S. The van der Waals surface area contributed by atoms with Crippen molar-refractivity contribution in [2.75, 3.05) is 7.05 Å². The highest BCUT2D eigenvalue weighted by Gasteiger charge is 2.30. The molecule has 6 nitrogen and oxygen atoms in total. The summed E-state index contributed by atoms with van der Waals surface area (Å²) in [5.74, 6) is -1.40. The number of phenolic OH excluding ortho intramolecular Hbond substituents is 1. The van der Waals surface area contributed by atoms with E-state index >= 15 is 0 Å². The van der Waals surface area contributed by atoms with Crippen LogP contribution in [0.2, 0.25) is 5.02 Å². The molecular weight excluding hydrogens is 456 g/mol. The van der Waals surface area contributed by atoms with Gasteiger partial charge in [0.25, 0.3) is 5.91 Å². The summed E-state index contributed by atoms with van der Waals surface area (Å²) in [6.07, 6.45) is 1.55. The van der Waals surface area contributed by atoms with E-state index in [-0.39, 0.29) is 22.2 Å². The Balaban J connectivity index is 1.92. The van der Waals surface area contributed by atoms with Crippen molar-refractivity contribution in [3.63, 3.8) is 0 Å². The van der Waals surface area contributed by atoms with E-state index in [0.29, 0.717) is 25.8 Å². The highest BCUT2D eigenvalue weighted by molar-refractivity contribution is 9.10. The van der Waals surface area contributed by atoms with E-state index in [4.69, 9.17) is 16.7 Å². The van der Waals surface area contributed by atoms with Gasteiger partial charge in [0.15, 0.2) is 5.17 Å². The van der Waals surface area contributed by atoms with Gasteiger partial charge in [-0.05, 0) is 54.2 Å². The molecule has 2 aromatic carbocycles. The number of hydrogen-bond acceptors (Lipinski definition) is 5. The molecule has 0 saturated carbocycles. The van der Waals surface area contributed by atoms with E-state index in [1.165, 1.54) is 17.0 Å². The average molecular weight is 468 g/mol. The first-order valence-corrected chi connectivity index (χ1v) is 9.52. The molecule has 2 aromatic rings. The first kappa shape index (κ1) is 19.5. The van der Waals surface area contributed by atoms with E-state index in [0.717, 1.165) is 11.8 Å². The van der Waals surface area contributed by atoms with Crippen molar-refractivity contribution < 1.29 is 19.8 Å². The number of carbonyl (C=O) groups is 2. The third-order valence-corrected chi connectivity index (χ3v) is 5.49. The van der Waals surface area contributed by atoms with Crippen molar-refractivity contribution in [1.29, 1.82) is 0 Å². The van der Waals surface area contributed by atoms with Gasteiger partial charge in [-0.15, -0.1) is 0 Å². The highest BCUT2D eigenvalue weighted by Crippen LogP contribution is 2.37. The lowest BCUT2D eigenvalue weighted by atomic mass is 10.2. The molecule has 138 valence electrons. The van der Waals surface area contributed by atoms with E-state index < -0.39 is 5.97 Å². The smallest absolute Gasteiger partial charge is 0.335 e. The number of aromatic hydroxyl groups is 1. The first-order valence-electron chi connectivity index (χ1n) is 7.54. The van der Waals surface area contributed by atoms with Gasteiger partial charge in [-0.2, -0.15) is 0 Å². The van der Waals surface area contributed by atoms with Crippen LogP contribution in [0.3, 0.4) is 0 Å². The first-order chi connectivity index (χ1) is 12.8. The maximum atomic E-state index is 12.5. The predicted molar refractivity (Wildman–Crippen MR) is 110 cm³/mol. The molecule has 1 aliphatic rings. The van der Waals surface area contributed by atoms with Gasteiger partial charge in [0.05, 0.1) is 21.2 Å². The predicted octanol–water partition coefficient (Wildman–Crippen LogP) is 4.74. The van der Waals surface area contributed by atoms with Gasteiger partial charge in [0.1, 0.15) is 5.75 Å². The molecule has 2 N–H and O–H groups in total. The second kappa shape index (κ2) is 7.75. The minimum Gasteiger partial charge on any atom is -0.506 e. The number of halogens is 2. The van der Waals surface area contributed by atoms with Crippen molar-refractivity contribution >= 4 is 68.1 Å². The number of carboxylic acid groups (broad SMARTS) is 1. The number of thioether (sulfide) groups is 1. The maximum absolute atomic E-state index is 12.5. The Morgan fingerprint density at radius 3 is 2.59 bits per heavy atom. The number of aliphatic imine (C=N–C) groups is 1. The Hall–Kier alpha value is -2.29. The van der Waals surface area contributed by atoms with Crippen molar-refractivity contribution in [2.24, 2.45) is 4.99 Å². The molecule has 0 aromatic heterocycles. The van der Waals surface area contributed by atoms with Crippen molar-refractivity contribution in [2.45, 2.75) is 0 Å². The van der Waals surface area contributed by atoms with Gasteiger partial charge >= 0.3 is 5.97 Å². The second-order valence-electron chi connectivity index (χ2n) is 5.55. The number of carbonyl (C=O) groups excluding carboxylic acids is 1. The van der Waals surface area contributed by atoms with Crippen LogP contribution in [-0.4, -0.2) is 39.2 Å². The number of amides is 1. The van der Waals surface area contributed by atoms with Crippen molar-refractivity contribution in [3.8, 4) is 5.75 Å². The largest absolute Gasteiger partial charge is 0.506 e. The third kappa shape index (κ3) is 4.18. The topological polar surface area (TPSA) is 90.2 Å². The molecule has 1 heterocycles. The van der Waals surface area contributed by atoms with Crippen LogP contribution in [0.15, 0.2) is 50.8 Å². The van der Waals surface area contributed by atoms with Gasteiger partial charge in [-0.3, -0.25) is 9.69 Å². The molecule has 0 aliphatic carbocycles. The molecule has 1 saturated heterocycles. The molecule has 0 bridgehead atoms. The fraction of sp³-hybridized carbons (Fsp3) is 0.0556. The number of carboxylic acids is 1. The third-order valence-electron chi connectivity index (χ3n) is 3.69. The maximum Gasteiger partial charge on any atom is 0.335 e. The monoisotopic (exact) mass is 466 g/mol. The van der Waals surface area contributed by atoms with Gasteiger partial charge in [0.2, 0.25) is 0 Å². The zero-order valence-corrected chi connectivity index (χ0v) is 17.0. The van der Waals surface area contributed by atoms with Crippen LogP contribution in [-0.2, 0) is 4.79 Å². The zero-order chi connectivity index (χ0) is 19.7. The second-order valence-corrected chi connectivity index (χ2v) is 7.88. The van der Waals surface area contributed by atoms with E-state index in [2.05, 4.69) is 20.9 Å². The van der Waals surface area contributed by atoms with Crippen LogP contribution >= 0.6 is 39.3 Å². The molecule has 3 rings (SSSR count). The van der Waals surface area contributed by atoms with Crippen LogP contribution in [0.25, 0.3) is 6.08 Å². The summed E-state index contributed by atoms with van der Waals surface area (Å²) in [5, 5.41) is 19.6. The minimum atomic E-state index is -1.02. The van der Waals surface area contributed by atoms with Crippen molar-refractivity contribution in [1.82, 2.24) is 4.90 Å². The Kier molecular flexibility index (Phi) is 5.59. The molecule has 1 amide bonds. The minimum absolute atomic E-state index is 0.113. The molecule has 1 fully saturated rings. The van der Waals surface area contributed by atoms with Gasteiger partial charge in [0, 0.05) is 17.1 Å². The number of phenols is 1. The standard InChI is InChI=1S/C18H12BrClN2O4S/c1-22-16(24)14(7-10-6-11(19)8-13(20)15(10)23)27-18(22)21-12-4-2-9(3-5-12)17(25)26/h2-8,23H,1H3,(H,25,26). The van der Waals surface area contributed by atoms with Crippen LogP contribution in [0.4, 0.5) is 5.69 Å². The summed E-state index contributed by atoms with van der Waals surface area (Å²) < 4.78 is 0.674. The van der Waals surface area contributed by atoms with Gasteiger partial charge in [-0.25, -0.2) is 9.79 Å². The Morgan fingerprint density at radius 1 is 1.30 bits per heavy atom. The van der Waals surface area contributed by atoms with Crippen LogP contribution < -0.4 is 0 Å². The van der Waals surface area contributed by atoms with Crippen molar-refractivity contribution in [3.05, 3.63) is 61.9 Å². The molecule has 0 spiro atoms. The lowest BCUT2D eigenvalue weighted by Crippen LogP contribution is -2.23. The van der Waals surface area contributed by atoms with Gasteiger partial charge < -0.3 is 10.2 Å². The van der Waals surface area contributed by atoms with Gasteiger partial charge in [-0.1, -0.05) is 27.5 Å². The summed E-state index contributed by atoms with van der Waals surface area (Å²) in [6, 6.07) is 9.24. The lowest BCUT2D eigenvalue weighted by Gasteiger charge is -2.07. The molecule has 0 atom stereocenters. The summed E-state index contributed by atoms with van der Waals surface area (Å²) in [4.78, 5) is 29.6. The number of likely N-dealkylation sites (N-methyl/N-ethyl adjacent to an activating group) is 1. The summed E-state index contributed by atoms with van der Waals surface area (Å²) in [7, 11) is 1.59. The quantitative estimate of drug-likeness (QED) is 0.636. The zero-order valence-electron chi connectivity index (χ0n) is 13.8. The number of amidine groups is 1. The lowest BCUT2D eigenvalue weighted by molar-refractivity contribution is -0.121. The number of nitrogens with zero attached hydrogens (tertiary/aromatic N) is 2. The Morgan fingerprint density at radius 2 is 1.96 bits per heavy atom. The molecule has 0 unspecified atom stereocenters. The average Bonchev–Trinajstić information content (AvgIpc) is 2.87. The summed E-state index contributed by atoms with van der Waals surface area (Å²) >= 11 is 10.4. The fourth-order valence-electron chi connectivity index (χ4n) is 2.28. The summed E-state index contributed by atoms with van der Waals surface area (Å²) in [6.45, 7) is 0. The van der Waals surface area contributed by atoms with Crippen LogP contribution in [0.5, 0.6) is 5.75 Å². The molecule has 1 aliphatic heterocycles. The van der Waals surface area contributed by atoms with E-state index in [1.54, 1.807) is 37.4 Å². The number of hydrogen-bond donors (Lipinski definition) is 2. The normalized spacial score (nSPS) is 17.1. The fourth-order valence-corrected chi connectivity index (χ4v) is 4.09. The molecule has 27 heavy (non-hydrogen) atoms. The Bertz CT molecular complexity index is 1010.